The Balaban J connectivity index is 2.81. The van der Waals surface area contributed by atoms with E-state index in [1.54, 1.807) is 0 Å². The topological polar surface area (TPSA) is 34.1 Å². The van der Waals surface area contributed by atoms with Gasteiger partial charge in [-0.2, -0.15) is 26.3 Å². The average molecular weight is 408 g/mol. The fourth-order valence-electron chi connectivity index (χ4n) is 2.48. The summed E-state index contributed by atoms with van der Waals surface area (Å²) in [4.78, 5) is 23.5. The maximum atomic E-state index is 13.0. The Hall–Kier alpha value is -2.03. The molecular formula is C18H14F6O2S. The number of alkyl halides is 6. The van der Waals surface area contributed by atoms with E-state index in [-0.39, 0.29) is 15.7 Å². The van der Waals surface area contributed by atoms with Gasteiger partial charge in [0.2, 0.25) is 0 Å². The Morgan fingerprint density at radius 3 is 1.93 bits per heavy atom. The molecule has 0 spiro atoms. The minimum atomic E-state index is -5.28. The van der Waals surface area contributed by atoms with Gasteiger partial charge in [-0.1, -0.05) is 37.6 Å². The molecule has 0 heterocycles. The number of hydrogen-bond acceptors (Lipinski definition) is 3. The summed E-state index contributed by atoms with van der Waals surface area (Å²) in [5.41, 5.74) is -1.90. The van der Waals surface area contributed by atoms with Gasteiger partial charge in [-0.15, -0.1) is 11.8 Å². The predicted octanol–water partition coefficient (Wildman–Crippen LogP) is 6.22. The first-order chi connectivity index (χ1) is 12.5. The minimum absolute atomic E-state index is 0.0151. The Morgan fingerprint density at radius 2 is 1.41 bits per heavy atom. The average Bonchev–Trinajstić information content (AvgIpc) is 2.59. The highest BCUT2D eigenvalue weighted by Gasteiger charge is 2.44. The van der Waals surface area contributed by atoms with Crippen molar-refractivity contribution in [3.63, 3.8) is 0 Å². The third-order valence-corrected chi connectivity index (χ3v) is 4.96. The maximum Gasteiger partial charge on any atom is 0.454 e. The zero-order chi connectivity index (χ0) is 20.4. The molecule has 0 aliphatic carbocycles. The van der Waals surface area contributed by atoms with E-state index < -0.39 is 35.0 Å². The first kappa shape index (κ1) is 21.3. The molecule has 27 heavy (non-hydrogen) atoms. The molecular weight excluding hydrogens is 394 g/mol. The molecule has 9 heteroatoms. The van der Waals surface area contributed by atoms with E-state index in [1.165, 1.54) is 24.3 Å². The van der Waals surface area contributed by atoms with Crippen molar-refractivity contribution in [2.24, 2.45) is 0 Å². The first-order valence-electron chi connectivity index (χ1n) is 7.90. The number of carbonyl (C=O) groups is 2. The van der Waals surface area contributed by atoms with Gasteiger partial charge in [0.25, 0.3) is 11.6 Å². The zero-order valence-electron chi connectivity index (χ0n) is 14.0. The van der Waals surface area contributed by atoms with Gasteiger partial charge in [-0.25, -0.2) is 0 Å². The van der Waals surface area contributed by atoms with Gasteiger partial charge < -0.3 is 0 Å². The Bertz CT molecular complexity index is 871. The van der Waals surface area contributed by atoms with Crippen LogP contribution in [0.25, 0.3) is 10.8 Å². The van der Waals surface area contributed by atoms with Crippen molar-refractivity contribution < 1.29 is 35.9 Å². The number of fused-ring (bicyclic) bond motifs is 1. The highest BCUT2D eigenvalue weighted by atomic mass is 32.2. The van der Waals surface area contributed by atoms with Gasteiger partial charge in [0, 0.05) is 16.0 Å². The van der Waals surface area contributed by atoms with Crippen LogP contribution in [0.5, 0.6) is 0 Å². The number of carbonyl (C=O) groups excluding carboxylic acids is 2. The van der Waals surface area contributed by atoms with E-state index in [2.05, 4.69) is 0 Å². The summed E-state index contributed by atoms with van der Waals surface area (Å²) in [5, 5.41) is -0.126. The molecule has 2 rings (SSSR count). The van der Waals surface area contributed by atoms with Crippen molar-refractivity contribution >= 4 is 34.1 Å². The summed E-state index contributed by atoms with van der Waals surface area (Å²) in [5.74, 6) is -4.19. The molecule has 0 bridgehead atoms. The lowest BCUT2D eigenvalue weighted by atomic mass is 9.95. The number of hydrogen-bond donors (Lipinski definition) is 0. The van der Waals surface area contributed by atoms with Crippen molar-refractivity contribution in [3.05, 3.63) is 41.5 Å². The highest BCUT2D eigenvalue weighted by Crippen LogP contribution is 2.39. The first-order valence-corrected chi connectivity index (χ1v) is 8.88. The third-order valence-electron chi connectivity index (χ3n) is 3.74. The molecule has 0 aromatic heterocycles. The normalized spacial score (nSPS) is 12.4. The van der Waals surface area contributed by atoms with Crippen LogP contribution in [0.3, 0.4) is 0 Å². The lowest BCUT2D eigenvalue weighted by Crippen LogP contribution is -2.26. The van der Waals surface area contributed by atoms with E-state index in [0.29, 0.717) is 18.2 Å². The standard InChI is InChI=1S/C18H14F6O2S/c1-2-3-8-27-14-11-7-5-4-6-10(11)12(15(25)17(19,20)21)9-13(14)16(26)18(22,23)24/h4-7,9H,2-3,8H2,1H3. The summed E-state index contributed by atoms with van der Waals surface area (Å²) in [6.45, 7) is 1.87. The maximum absolute atomic E-state index is 13.0. The molecule has 0 aliphatic rings. The number of halogens is 6. The molecule has 2 aromatic rings. The van der Waals surface area contributed by atoms with Crippen LogP contribution in [-0.4, -0.2) is 29.7 Å². The van der Waals surface area contributed by atoms with E-state index >= 15 is 0 Å². The summed E-state index contributed by atoms with van der Waals surface area (Å²) >= 11 is 0.960. The number of thioether (sulfide) groups is 1. The van der Waals surface area contributed by atoms with Gasteiger partial charge >= 0.3 is 12.4 Å². The van der Waals surface area contributed by atoms with Crippen molar-refractivity contribution in [2.45, 2.75) is 37.0 Å². The van der Waals surface area contributed by atoms with Crippen LogP contribution in [0.15, 0.2) is 35.2 Å². The highest BCUT2D eigenvalue weighted by molar-refractivity contribution is 7.99. The smallest absolute Gasteiger partial charge is 0.284 e. The number of Topliss-reactive ketones (excluding diaryl/α,β-unsaturated/α-hetero) is 2. The molecule has 0 N–H and O–H groups in total. The van der Waals surface area contributed by atoms with Crippen LogP contribution >= 0.6 is 11.8 Å². The summed E-state index contributed by atoms with van der Waals surface area (Å²) in [7, 11) is 0. The molecule has 0 aliphatic heterocycles. The monoisotopic (exact) mass is 408 g/mol. The Labute approximate surface area is 154 Å². The second kappa shape index (κ2) is 7.92. The molecule has 2 aromatic carbocycles. The second-order valence-corrected chi connectivity index (χ2v) is 6.81. The van der Waals surface area contributed by atoms with Gasteiger partial charge in [-0.3, -0.25) is 9.59 Å². The number of unbranched alkanes of at least 4 members (excludes halogenated alkanes) is 1. The van der Waals surface area contributed by atoms with Crippen LogP contribution in [0, 0.1) is 0 Å². The van der Waals surface area contributed by atoms with Crippen LogP contribution in [-0.2, 0) is 0 Å². The molecule has 0 atom stereocenters. The summed E-state index contributed by atoms with van der Waals surface area (Å²) in [6.07, 6.45) is -9.17. The van der Waals surface area contributed by atoms with E-state index in [9.17, 15) is 35.9 Å². The van der Waals surface area contributed by atoms with Gasteiger partial charge in [0.1, 0.15) is 0 Å². The second-order valence-electron chi connectivity index (χ2n) is 5.70. The summed E-state index contributed by atoms with van der Waals surface area (Å²) < 4.78 is 77.8. The van der Waals surface area contributed by atoms with Gasteiger partial charge in [0.05, 0.1) is 0 Å². The lowest BCUT2D eigenvalue weighted by molar-refractivity contribution is -0.0888. The molecule has 2 nitrogen and oxygen atoms in total. The van der Waals surface area contributed by atoms with Gasteiger partial charge in [-0.05, 0) is 29.0 Å². The third kappa shape index (κ3) is 4.63. The fraction of sp³-hybridized carbons (Fsp3) is 0.333. The van der Waals surface area contributed by atoms with E-state index in [4.69, 9.17) is 0 Å². The van der Waals surface area contributed by atoms with Crippen LogP contribution in [0.1, 0.15) is 40.5 Å². The van der Waals surface area contributed by atoms with E-state index in [0.717, 1.165) is 18.2 Å². The quantitative estimate of drug-likeness (QED) is 0.246. The summed E-state index contributed by atoms with van der Waals surface area (Å²) in [6, 6.07) is 5.75. The van der Waals surface area contributed by atoms with Crippen molar-refractivity contribution in [1.82, 2.24) is 0 Å². The number of rotatable bonds is 6. The molecule has 0 unspecified atom stereocenters. The Morgan fingerprint density at radius 1 is 0.889 bits per heavy atom. The van der Waals surface area contributed by atoms with Crippen molar-refractivity contribution in [1.29, 1.82) is 0 Å². The fourth-order valence-corrected chi connectivity index (χ4v) is 3.76. The minimum Gasteiger partial charge on any atom is -0.284 e. The number of ketones is 2. The predicted molar refractivity (Wildman–Crippen MR) is 90.4 cm³/mol. The molecule has 0 saturated carbocycles. The largest absolute Gasteiger partial charge is 0.454 e. The molecule has 146 valence electrons. The Kier molecular flexibility index (Phi) is 6.24. The van der Waals surface area contributed by atoms with Crippen LogP contribution < -0.4 is 0 Å². The lowest BCUT2D eigenvalue weighted by Gasteiger charge is -2.17. The SMILES string of the molecule is CCCCSc1c(C(=O)C(F)(F)F)cc(C(=O)C(F)(F)F)c2ccccc12. The molecule has 0 saturated heterocycles. The molecule has 0 radical (unpaired) electrons. The molecule has 0 amide bonds. The zero-order valence-corrected chi connectivity index (χ0v) is 14.8. The number of benzene rings is 2. The van der Waals surface area contributed by atoms with Gasteiger partial charge in [0.15, 0.2) is 0 Å². The van der Waals surface area contributed by atoms with Crippen LogP contribution in [0.4, 0.5) is 26.3 Å². The van der Waals surface area contributed by atoms with E-state index in [1.807, 2.05) is 6.92 Å². The molecule has 0 fully saturated rings. The van der Waals surface area contributed by atoms with Crippen molar-refractivity contribution in [3.8, 4) is 0 Å². The van der Waals surface area contributed by atoms with Crippen molar-refractivity contribution in [2.75, 3.05) is 5.75 Å². The van der Waals surface area contributed by atoms with Crippen LogP contribution in [0.2, 0.25) is 0 Å².